The van der Waals surface area contributed by atoms with Gasteiger partial charge in [-0.2, -0.15) is 0 Å². The average Bonchev–Trinajstić information content (AvgIpc) is 1.85. The van der Waals surface area contributed by atoms with Crippen molar-refractivity contribution in [3.8, 4) is 0 Å². The van der Waals surface area contributed by atoms with Crippen LogP contribution in [-0.2, 0) is 9.36 Å². The maximum Gasteiger partial charge on any atom is 0.490 e. The SMILES string of the molecule is CN(C=O)C(=O)S[P+](=O)S. The van der Waals surface area contributed by atoms with Crippen LogP contribution in [0, 0.1) is 0 Å². The first kappa shape index (κ1) is 9.94. The molecule has 0 heterocycles. The Morgan fingerprint density at radius 2 is 2.30 bits per heavy atom. The normalized spacial score (nSPS) is 10.4. The Balaban J connectivity index is 3.84. The Hall–Kier alpha value is -0.0600. The van der Waals surface area contributed by atoms with Crippen molar-refractivity contribution in [3.63, 3.8) is 0 Å². The molecule has 2 amide bonds. The van der Waals surface area contributed by atoms with Gasteiger partial charge in [-0.15, -0.1) is 0 Å². The van der Waals surface area contributed by atoms with Gasteiger partial charge in [-0.25, -0.2) is 0 Å². The van der Waals surface area contributed by atoms with Crippen molar-refractivity contribution in [2.75, 3.05) is 7.05 Å². The van der Waals surface area contributed by atoms with Crippen LogP contribution in [0.15, 0.2) is 0 Å². The first-order valence-electron chi connectivity index (χ1n) is 2.14. The summed E-state index contributed by atoms with van der Waals surface area (Å²) >= 11 is 4.00. The lowest BCUT2D eigenvalue weighted by Crippen LogP contribution is -2.19. The maximum atomic E-state index is 10.6. The first-order valence-corrected chi connectivity index (χ1v) is 5.97. The van der Waals surface area contributed by atoms with Crippen LogP contribution in [0.25, 0.3) is 0 Å². The van der Waals surface area contributed by atoms with E-state index < -0.39 is 11.4 Å². The predicted molar refractivity (Wildman–Crippen MR) is 43.4 cm³/mol. The van der Waals surface area contributed by atoms with Crippen LogP contribution in [0.3, 0.4) is 0 Å². The standard InChI is InChI=1S/C3H4NO3PS2/c1-4(2-5)3(6)10-8(7)9/h2H,1H3/p+1. The highest BCUT2D eigenvalue weighted by atomic mass is 33.1. The van der Waals surface area contributed by atoms with Gasteiger partial charge in [-0.1, -0.05) is 0 Å². The molecule has 7 heteroatoms. The molecule has 0 radical (unpaired) electrons. The monoisotopic (exact) mass is 198 g/mol. The van der Waals surface area contributed by atoms with E-state index in [0.29, 0.717) is 17.8 Å². The maximum absolute atomic E-state index is 10.6. The molecule has 0 aromatic heterocycles. The number of rotatable bonds is 2. The minimum atomic E-state index is -1.87. The summed E-state index contributed by atoms with van der Waals surface area (Å²) in [4.78, 5) is 21.3. The zero-order chi connectivity index (χ0) is 8.15. The molecule has 0 spiro atoms. The predicted octanol–water partition coefficient (Wildman–Crippen LogP) is 1.51. The van der Waals surface area contributed by atoms with Gasteiger partial charge < -0.3 is 0 Å². The summed E-state index contributed by atoms with van der Waals surface area (Å²) in [7, 11) is 1.29. The zero-order valence-electron chi connectivity index (χ0n) is 5.05. The van der Waals surface area contributed by atoms with E-state index in [1.54, 1.807) is 0 Å². The molecule has 1 unspecified atom stereocenters. The highest BCUT2D eigenvalue weighted by Crippen LogP contribution is 2.42. The molecule has 0 aromatic rings. The van der Waals surface area contributed by atoms with Crippen LogP contribution in [0.4, 0.5) is 4.79 Å². The Kier molecular flexibility index (Phi) is 4.68. The molecule has 4 nitrogen and oxygen atoms in total. The quantitative estimate of drug-likeness (QED) is 0.415. The molecule has 0 aliphatic rings. The van der Waals surface area contributed by atoms with Gasteiger partial charge in [0.05, 0.1) is 0 Å². The third kappa shape index (κ3) is 3.87. The fourth-order valence-corrected chi connectivity index (χ4v) is 1.90. The Morgan fingerprint density at radius 1 is 1.80 bits per heavy atom. The molecule has 0 saturated heterocycles. The average molecular weight is 198 g/mol. The van der Waals surface area contributed by atoms with E-state index >= 15 is 0 Å². The molecular weight excluding hydrogens is 193 g/mol. The van der Waals surface area contributed by atoms with Crippen LogP contribution in [0.2, 0.25) is 0 Å². The van der Waals surface area contributed by atoms with Crippen LogP contribution >= 0.6 is 29.8 Å². The van der Waals surface area contributed by atoms with Gasteiger partial charge in [-0.3, -0.25) is 14.5 Å². The summed E-state index contributed by atoms with van der Waals surface area (Å²) in [5, 5.41) is -0.564. The molecule has 0 bridgehead atoms. The van der Waals surface area contributed by atoms with E-state index in [-0.39, 0.29) is 0 Å². The van der Waals surface area contributed by atoms with E-state index in [1.807, 2.05) is 0 Å². The second-order valence-corrected chi connectivity index (χ2v) is 5.76. The number of thiol groups is 1. The van der Waals surface area contributed by atoms with Gasteiger partial charge in [0.2, 0.25) is 17.8 Å². The molecule has 0 N–H and O–H groups in total. The first-order chi connectivity index (χ1) is 4.57. The molecule has 0 saturated carbocycles. The third-order valence-corrected chi connectivity index (χ3v) is 2.87. The summed E-state index contributed by atoms with van der Waals surface area (Å²) in [6, 6.07) is 0. The summed E-state index contributed by atoms with van der Waals surface area (Å²) in [6.07, 6.45) is -1.52. The van der Waals surface area contributed by atoms with Crippen molar-refractivity contribution in [1.82, 2.24) is 4.90 Å². The van der Waals surface area contributed by atoms with Crippen molar-refractivity contribution in [1.29, 1.82) is 0 Å². The van der Waals surface area contributed by atoms with Crippen molar-refractivity contribution in [2.45, 2.75) is 0 Å². The third-order valence-electron chi connectivity index (χ3n) is 0.602. The van der Waals surface area contributed by atoms with Crippen molar-refractivity contribution < 1.29 is 14.2 Å². The van der Waals surface area contributed by atoms with Gasteiger partial charge in [0.25, 0.3) is 0 Å². The minimum Gasteiger partial charge on any atom is -0.278 e. The lowest BCUT2D eigenvalue weighted by Gasteiger charge is -1.99. The molecule has 0 aliphatic heterocycles. The summed E-state index contributed by atoms with van der Waals surface area (Å²) < 4.78 is 10.3. The minimum absolute atomic E-state index is 0.349. The van der Waals surface area contributed by atoms with Gasteiger partial charge in [0, 0.05) is 7.05 Å². The van der Waals surface area contributed by atoms with E-state index in [4.69, 9.17) is 0 Å². The lowest BCUT2D eigenvalue weighted by molar-refractivity contribution is -0.114. The molecular formula is C3H5NO3PS2+. The number of hydrogen-bond donors (Lipinski definition) is 1. The molecule has 0 fully saturated rings. The van der Waals surface area contributed by atoms with Crippen molar-refractivity contribution in [2.24, 2.45) is 0 Å². The highest BCUT2D eigenvalue weighted by Gasteiger charge is 2.22. The van der Waals surface area contributed by atoms with E-state index in [1.165, 1.54) is 7.05 Å². The fourth-order valence-electron chi connectivity index (χ4n) is 0.174. The molecule has 56 valence electrons. The summed E-state index contributed by atoms with van der Waals surface area (Å²) in [6.45, 7) is 0. The van der Waals surface area contributed by atoms with Gasteiger partial charge in [0.15, 0.2) is 0 Å². The van der Waals surface area contributed by atoms with Crippen molar-refractivity contribution in [3.05, 3.63) is 0 Å². The Morgan fingerprint density at radius 3 is 2.60 bits per heavy atom. The number of amides is 2. The smallest absolute Gasteiger partial charge is 0.278 e. The van der Waals surface area contributed by atoms with E-state index in [2.05, 4.69) is 12.2 Å². The van der Waals surface area contributed by atoms with Crippen LogP contribution in [0.5, 0.6) is 0 Å². The highest BCUT2D eigenvalue weighted by molar-refractivity contribution is 8.83. The summed E-state index contributed by atoms with van der Waals surface area (Å²) in [5.74, 6) is 0. The largest absolute Gasteiger partial charge is 0.490 e. The van der Waals surface area contributed by atoms with Crippen LogP contribution in [0.1, 0.15) is 0 Å². The molecule has 0 aliphatic carbocycles. The Labute approximate surface area is 68.0 Å². The zero-order valence-corrected chi connectivity index (χ0v) is 7.66. The molecule has 0 aromatic carbocycles. The number of nitrogens with zero attached hydrogens (tertiary/aromatic N) is 1. The van der Waals surface area contributed by atoms with Gasteiger partial charge in [-0.05, 0) is 4.57 Å². The van der Waals surface area contributed by atoms with Crippen LogP contribution in [-0.4, -0.2) is 23.6 Å². The number of carbonyl (C=O) groups excluding carboxylic acids is 2. The van der Waals surface area contributed by atoms with Gasteiger partial charge in [0.1, 0.15) is 12.2 Å². The number of imide groups is 1. The van der Waals surface area contributed by atoms with E-state index in [9.17, 15) is 14.2 Å². The molecule has 10 heavy (non-hydrogen) atoms. The topological polar surface area (TPSA) is 54.5 Å². The second-order valence-electron chi connectivity index (χ2n) is 1.31. The Bertz CT molecular complexity index is 173. The lowest BCUT2D eigenvalue weighted by atomic mass is 10.9. The second kappa shape index (κ2) is 4.71. The molecule has 1 atom stereocenters. The molecule has 0 rings (SSSR count). The number of hydrogen-bond acceptors (Lipinski definition) is 4. The fraction of sp³-hybridized carbons (Fsp3) is 0.333. The van der Waals surface area contributed by atoms with Crippen LogP contribution < -0.4 is 0 Å². The number of carbonyl (C=O) groups is 2. The van der Waals surface area contributed by atoms with E-state index in [0.717, 1.165) is 4.90 Å². The van der Waals surface area contributed by atoms with Crippen molar-refractivity contribution >= 4 is 41.5 Å². The summed E-state index contributed by atoms with van der Waals surface area (Å²) in [5.41, 5.74) is 0. The van der Waals surface area contributed by atoms with Gasteiger partial charge >= 0.3 is 11.4 Å².